The molecule has 0 aliphatic rings. The quantitative estimate of drug-likeness (QED) is 0.395. The van der Waals surface area contributed by atoms with E-state index in [0.29, 0.717) is 5.56 Å². The van der Waals surface area contributed by atoms with Gasteiger partial charge in [0.2, 0.25) is 0 Å². The first-order valence-electron chi connectivity index (χ1n) is 2.75. The van der Waals surface area contributed by atoms with Crippen molar-refractivity contribution in [3.8, 4) is 0 Å². The van der Waals surface area contributed by atoms with Crippen LogP contribution in [0.5, 0.6) is 0 Å². The van der Waals surface area contributed by atoms with Gasteiger partial charge in [0.25, 0.3) is 0 Å². The Morgan fingerprint density at radius 1 is 1.27 bits per heavy atom. The van der Waals surface area contributed by atoms with Crippen molar-refractivity contribution in [1.82, 2.24) is 0 Å². The van der Waals surface area contributed by atoms with E-state index in [1.165, 1.54) is 0 Å². The van der Waals surface area contributed by atoms with Crippen LogP contribution in [0.25, 0.3) is 0 Å². The molecule has 0 aliphatic carbocycles. The van der Waals surface area contributed by atoms with Crippen molar-refractivity contribution in [2.45, 2.75) is 0 Å². The van der Waals surface area contributed by atoms with Crippen LogP contribution in [0.15, 0.2) is 30.3 Å². The van der Waals surface area contributed by atoms with E-state index in [4.69, 9.17) is 0 Å². The molecule has 0 unspecified atom stereocenters. The molecule has 54 valence electrons. The van der Waals surface area contributed by atoms with Gasteiger partial charge in [0.15, 0.2) is 0 Å². The summed E-state index contributed by atoms with van der Waals surface area (Å²) in [5.41, 5.74) is 0.512. The van der Waals surface area contributed by atoms with Gasteiger partial charge in [-0.05, 0) is 12.1 Å². The van der Waals surface area contributed by atoms with Gasteiger partial charge < -0.3 is 4.18 Å². The molecule has 4 heteroatoms. The molecule has 1 aromatic rings. The van der Waals surface area contributed by atoms with Gasteiger partial charge in [-0.3, -0.25) is 0 Å². The fourth-order valence-electron chi connectivity index (χ4n) is 0.627. The average molecular weight is 178 g/mol. The van der Waals surface area contributed by atoms with Gasteiger partial charge in [-0.15, -0.1) is 0 Å². The molecule has 0 radical (unpaired) electrons. The van der Waals surface area contributed by atoms with Crippen molar-refractivity contribution in [2.24, 2.45) is 0 Å². The Balaban J connectivity index is 0.000001000. The van der Waals surface area contributed by atoms with E-state index in [-0.39, 0.29) is 29.6 Å². The van der Waals surface area contributed by atoms with E-state index >= 15 is 0 Å². The summed E-state index contributed by atoms with van der Waals surface area (Å²) in [6, 6.07) is 8.69. The molecular weight excluding hydrogens is 171 g/mol. The second kappa shape index (κ2) is 5.66. The Morgan fingerprint density at radius 2 is 1.82 bits per heavy atom. The number of hydrogen-bond acceptors (Lipinski definition) is 3. The fraction of sp³-hybridized carbons (Fsp3) is 0. The molecule has 0 heterocycles. The number of thiol groups is 1. The molecule has 1 rings (SSSR count). The maximum absolute atomic E-state index is 10.7. The van der Waals surface area contributed by atoms with Crippen molar-refractivity contribution < 1.29 is 8.98 Å². The molecule has 0 N–H and O–H groups in total. The van der Waals surface area contributed by atoms with Crippen molar-refractivity contribution in [2.75, 3.05) is 0 Å². The van der Waals surface area contributed by atoms with E-state index < -0.39 is 5.97 Å². The fourth-order valence-corrected chi connectivity index (χ4v) is 0.732. The van der Waals surface area contributed by atoms with Crippen LogP contribution in [-0.2, 0) is 4.18 Å². The number of benzene rings is 1. The summed E-state index contributed by atoms with van der Waals surface area (Å²) < 4.78 is 4.19. The van der Waals surface area contributed by atoms with Gasteiger partial charge in [0.05, 0.1) is 5.56 Å². The molecule has 0 aliphatic heterocycles. The molecule has 0 saturated carbocycles. The van der Waals surface area contributed by atoms with Gasteiger partial charge >= 0.3 is 35.5 Å². The molecule has 0 saturated heterocycles. The summed E-state index contributed by atoms with van der Waals surface area (Å²) in [6.45, 7) is 0. The number of carbonyl (C=O) groups is 1. The third-order valence-corrected chi connectivity index (χ3v) is 1.26. The van der Waals surface area contributed by atoms with Crippen LogP contribution in [0.2, 0.25) is 0 Å². The second-order valence-corrected chi connectivity index (χ2v) is 1.93. The van der Waals surface area contributed by atoms with Crippen molar-refractivity contribution in [3.05, 3.63) is 35.9 Å². The van der Waals surface area contributed by atoms with Crippen LogP contribution in [-0.4, -0.2) is 35.5 Å². The molecular formula is C7H7NaO2S. The average Bonchev–Trinajstić information content (AvgIpc) is 2.05. The normalized spacial score (nSPS) is 8.09. The zero-order chi connectivity index (χ0) is 7.40. The number of rotatable bonds is 1. The molecule has 0 bridgehead atoms. The Labute approximate surface area is 92.8 Å². The monoisotopic (exact) mass is 178 g/mol. The third kappa shape index (κ3) is 3.29. The van der Waals surface area contributed by atoms with Crippen molar-refractivity contribution >= 4 is 48.4 Å². The van der Waals surface area contributed by atoms with Gasteiger partial charge in [-0.2, -0.15) is 0 Å². The summed E-state index contributed by atoms with van der Waals surface area (Å²) in [5, 5.41) is 0. The topological polar surface area (TPSA) is 26.3 Å². The predicted molar refractivity (Wildman–Crippen MR) is 48.0 cm³/mol. The van der Waals surface area contributed by atoms with Gasteiger partial charge in [-0.25, -0.2) is 4.79 Å². The van der Waals surface area contributed by atoms with Crippen molar-refractivity contribution in [1.29, 1.82) is 0 Å². The minimum atomic E-state index is -0.427. The summed E-state index contributed by atoms with van der Waals surface area (Å²) in [6.07, 6.45) is 0. The van der Waals surface area contributed by atoms with Gasteiger partial charge in [0.1, 0.15) is 0 Å². The molecule has 11 heavy (non-hydrogen) atoms. The van der Waals surface area contributed by atoms with Crippen LogP contribution >= 0.6 is 12.9 Å². The molecule has 1 aromatic carbocycles. The molecule has 0 aromatic heterocycles. The summed E-state index contributed by atoms with van der Waals surface area (Å²) in [5.74, 6) is -0.427. The Hall–Kier alpha value is 0.0400. The van der Waals surface area contributed by atoms with E-state index in [0.717, 1.165) is 0 Å². The zero-order valence-electron chi connectivity index (χ0n) is 5.15. The van der Waals surface area contributed by atoms with E-state index in [1.807, 2.05) is 6.07 Å². The molecule has 0 amide bonds. The Morgan fingerprint density at radius 3 is 2.27 bits per heavy atom. The van der Waals surface area contributed by atoms with Gasteiger partial charge in [0, 0.05) is 12.9 Å². The third-order valence-electron chi connectivity index (χ3n) is 1.09. The summed E-state index contributed by atoms with van der Waals surface area (Å²) >= 11 is 3.38. The van der Waals surface area contributed by atoms with Crippen molar-refractivity contribution in [3.63, 3.8) is 0 Å². The molecule has 0 atom stereocenters. The number of hydrogen-bond donors (Lipinski definition) is 1. The van der Waals surface area contributed by atoms with Crippen LogP contribution in [0.4, 0.5) is 0 Å². The second-order valence-electron chi connectivity index (χ2n) is 1.74. The SMILES string of the molecule is O=C(OS)c1ccccc1.[NaH]. The predicted octanol–water partition coefficient (Wildman–Crippen LogP) is 1.04. The summed E-state index contributed by atoms with van der Waals surface area (Å²) in [4.78, 5) is 10.7. The van der Waals surface area contributed by atoms with Crippen LogP contribution in [0.3, 0.4) is 0 Å². The van der Waals surface area contributed by atoms with Crippen LogP contribution < -0.4 is 0 Å². The minimum absolute atomic E-state index is 0. The maximum atomic E-state index is 10.7. The first-order chi connectivity index (χ1) is 4.84. The zero-order valence-corrected chi connectivity index (χ0v) is 6.04. The summed E-state index contributed by atoms with van der Waals surface area (Å²) in [7, 11) is 0. The standard InChI is InChI=1S/C7H6O2S.Na.H/c8-7(9-10)6-4-2-1-3-5-6;;/h1-5,10H;;. The van der Waals surface area contributed by atoms with E-state index in [1.54, 1.807) is 24.3 Å². The van der Waals surface area contributed by atoms with E-state index in [2.05, 4.69) is 17.1 Å². The van der Waals surface area contributed by atoms with Crippen LogP contribution in [0, 0.1) is 0 Å². The first kappa shape index (κ1) is 11.0. The molecule has 0 spiro atoms. The van der Waals surface area contributed by atoms with Gasteiger partial charge in [-0.1, -0.05) is 18.2 Å². The molecule has 2 nitrogen and oxygen atoms in total. The Kier molecular flexibility index (Phi) is 5.68. The van der Waals surface area contributed by atoms with Crippen LogP contribution in [0.1, 0.15) is 10.4 Å². The molecule has 0 fully saturated rings. The van der Waals surface area contributed by atoms with E-state index in [9.17, 15) is 4.79 Å². The number of carbonyl (C=O) groups excluding carboxylic acids is 1. The Bertz CT molecular complexity index is 225. The first-order valence-corrected chi connectivity index (χ1v) is 3.12.